The van der Waals surface area contributed by atoms with Crippen molar-refractivity contribution in [2.45, 2.75) is 51.0 Å². The summed E-state index contributed by atoms with van der Waals surface area (Å²) in [5.74, 6) is 0.773. The van der Waals surface area contributed by atoms with Crippen molar-refractivity contribution in [3.63, 3.8) is 0 Å². The third kappa shape index (κ3) is 4.20. The highest BCUT2D eigenvalue weighted by Crippen LogP contribution is 2.37. The lowest BCUT2D eigenvalue weighted by Crippen LogP contribution is -2.35. The molecule has 1 unspecified atom stereocenters. The highest BCUT2D eigenvalue weighted by molar-refractivity contribution is 5.43. The smallest absolute Gasteiger partial charge is 0.123 e. The summed E-state index contributed by atoms with van der Waals surface area (Å²) in [6, 6.07) is 6.11. The van der Waals surface area contributed by atoms with Gasteiger partial charge < -0.3 is 25.0 Å². The largest absolute Gasteiger partial charge is 0.491 e. The molecule has 5 heteroatoms. The molecule has 2 rings (SSSR count). The molecule has 0 amide bonds. The summed E-state index contributed by atoms with van der Waals surface area (Å²) in [6.07, 6.45) is 0.0787. The Labute approximate surface area is 132 Å². The molecule has 0 radical (unpaired) electrons. The summed E-state index contributed by atoms with van der Waals surface area (Å²) in [7, 11) is 1.61. The number of rotatable bonds is 7. The summed E-state index contributed by atoms with van der Waals surface area (Å²) >= 11 is 0. The van der Waals surface area contributed by atoms with Gasteiger partial charge in [0.1, 0.15) is 24.6 Å². The fourth-order valence-corrected chi connectivity index (χ4v) is 2.80. The van der Waals surface area contributed by atoms with E-state index in [4.69, 9.17) is 9.47 Å². The van der Waals surface area contributed by atoms with Gasteiger partial charge in [0.2, 0.25) is 0 Å². The molecular formula is C17H27NO4. The van der Waals surface area contributed by atoms with Crippen molar-refractivity contribution in [3.8, 4) is 5.75 Å². The van der Waals surface area contributed by atoms with Gasteiger partial charge in [-0.1, -0.05) is 26.0 Å². The molecule has 1 aliphatic rings. The van der Waals surface area contributed by atoms with E-state index in [2.05, 4.69) is 5.32 Å². The van der Waals surface area contributed by atoms with E-state index in [9.17, 15) is 10.2 Å². The van der Waals surface area contributed by atoms with Crippen LogP contribution in [0.25, 0.3) is 0 Å². The van der Waals surface area contributed by atoms with Gasteiger partial charge in [0.25, 0.3) is 0 Å². The Morgan fingerprint density at radius 2 is 2.14 bits per heavy atom. The van der Waals surface area contributed by atoms with Gasteiger partial charge in [-0.05, 0) is 24.5 Å². The molecule has 22 heavy (non-hydrogen) atoms. The fraction of sp³-hybridized carbons (Fsp3) is 0.647. The van der Waals surface area contributed by atoms with Gasteiger partial charge in [-0.2, -0.15) is 0 Å². The Kier molecular flexibility index (Phi) is 6.20. The Bertz CT molecular complexity index is 478. The Hall–Kier alpha value is -1.14. The first-order valence-electron chi connectivity index (χ1n) is 7.89. The van der Waals surface area contributed by atoms with Crippen LogP contribution in [-0.2, 0) is 11.2 Å². The lowest BCUT2D eigenvalue weighted by atomic mass is 9.87. The predicted molar refractivity (Wildman–Crippen MR) is 85.2 cm³/mol. The van der Waals surface area contributed by atoms with Crippen molar-refractivity contribution in [1.29, 1.82) is 0 Å². The normalized spacial score (nSPS) is 22.5. The summed E-state index contributed by atoms with van der Waals surface area (Å²) in [5, 5.41) is 23.2. The van der Waals surface area contributed by atoms with E-state index in [0.717, 1.165) is 23.3 Å². The number of benzene rings is 1. The number of nitrogens with one attached hydrogen (secondary N) is 1. The van der Waals surface area contributed by atoms with Crippen LogP contribution in [0.5, 0.6) is 5.75 Å². The van der Waals surface area contributed by atoms with Crippen molar-refractivity contribution >= 4 is 0 Å². The Morgan fingerprint density at radius 3 is 2.82 bits per heavy atom. The Balaban J connectivity index is 2.02. The molecular weight excluding hydrogens is 282 g/mol. The number of aliphatic hydroxyl groups excluding tert-OH is 2. The molecule has 124 valence electrons. The average molecular weight is 309 g/mol. The molecule has 5 nitrogen and oxygen atoms in total. The molecule has 0 saturated heterocycles. The van der Waals surface area contributed by atoms with Crippen LogP contribution in [0.15, 0.2) is 18.2 Å². The van der Waals surface area contributed by atoms with Crippen LogP contribution in [-0.4, -0.2) is 48.7 Å². The number of fused-ring (bicyclic) bond motifs is 1. The van der Waals surface area contributed by atoms with Gasteiger partial charge in [0.05, 0.1) is 6.10 Å². The van der Waals surface area contributed by atoms with Crippen molar-refractivity contribution in [3.05, 3.63) is 29.3 Å². The molecule has 1 aliphatic carbocycles. The van der Waals surface area contributed by atoms with Crippen LogP contribution in [0.2, 0.25) is 0 Å². The van der Waals surface area contributed by atoms with Crippen LogP contribution < -0.4 is 10.1 Å². The molecule has 0 aliphatic heterocycles. The van der Waals surface area contributed by atoms with Crippen LogP contribution in [0, 0.1) is 0 Å². The van der Waals surface area contributed by atoms with E-state index in [1.807, 2.05) is 32.0 Å². The second-order valence-electron chi connectivity index (χ2n) is 6.11. The highest BCUT2D eigenvalue weighted by atomic mass is 16.5. The second kappa shape index (κ2) is 7.92. The van der Waals surface area contributed by atoms with Crippen LogP contribution in [0.3, 0.4) is 0 Å². The van der Waals surface area contributed by atoms with Crippen molar-refractivity contribution in [2.24, 2.45) is 0 Å². The number of methoxy groups -OCH3 is 1. The number of aliphatic hydroxyl groups is 2. The van der Waals surface area contributed by atoms with Crippen LogP contribution in [0.4, 0.5) is 0 Å². The minimum atomic E-state index is -0.550. The maximum absolute atomic E-state index is 10.0. The quantitative estimate of drug-likeness (QED) is 0.710. The minimum Gasteiger partial charge on any atom is -0.491 e. The maximum Gasteiger partial charge on any atom is 0.123 e. The lowest BCUT2D eigenvalue weighted by Gasteiger charge is -2.30. The van der Waals surface area contributed by atoms with E-state index in [0.29, 0.717) is 19.0 Å². The molecule has 1 aromatic rings. The summed E-state index contributed by atoms with van der Waals surface area (Å²) in [4.78, 5) is 0. The molecule has 0 bridgehead atoms. The number of hydrogen-bond acceptors (Lipinski definition) is 5. The van der Waals surface area contributed by atoms with E-state index >= 15 is 0 Å². The number of ether oxygens (including phenoxy) is 2. The SMILES string of the molecule is CO[C@@H]1c2cccc(OCC(O)CNC(C)C)c2CC[C@H]1O. The Morgan fingerprint density at radius 1 is 1.36 bits per heavy atom. The van der Waals surface area contributed by atoms with Crippen molar-refractivity contribution in [2.75, 3.05) is 20.3 Å². The van der Waals surface area contributed by atoms with Crippen molar-refractivity contribution in [1.82, 2.24) is 5.32 Å². The average Bonchev–Trinajstić information content (AvgIpc) is 2.50. The maximum atomic E-state index is 10.0. The van der Waals surface area contributed by atoms with Crippen LogP contribution >= 0.6 is 0 Å². The molecule has 0 fully saturated rings. The molecule has 0 heterocycles. The summed E-state index contributed by atoms with van der Waals surface area (Å²) < 4.78 is 11.2. The topological polar surface area (TPSA) is 71.0 Å². The van der Waals surface area contributed by atoms with Gasteiger partial charge in [-0.3, -0.25) is 0 Å². The molecule has 0 saturated carbocycles. The second-order valence-corrected chi connectivity index (χ2v) is 6.11. The lowest BCUT2D eigenvalue weighted by molar-refractivity contribution is -0.0238. The molecule has 3 atom stereocenters. The first-order chi connectivity index (χ1) is 10.5. The zero-order valence-electron chi connectivity index (χ0n) is 13.6. The number of hydrogen-bond donors (Lipinski definition) is 3. The van der Waals surface area contributed by atoms with Gasteiger partial charge in [0.15, 0.2) is 0 Å². The predicted octanol–water partition coefficient (Wildman–Crippen LogP) is 1.42. The zero-order valence-corrected chi connectivity index (χ0v) is 13.6. The van der Waals surface area contributed by atoms with Crippen LogP contribution in [0.1, 0.15) is 37.5 Å². The van der Waals surface area contributed by atoms with Gasteiger partial charge >= 0.3 is 0 Å². The molecule has 0 aromatic heterocycles. The molecule has 3 N–H and O–H groups in total. The summed E-state index contributed by atoms with van der Waals surface area (Å²) in [6.45, 7) is 4.83. The molecule has 0 spiro atoms. The summed E-state index contributed by atoms with van der Waals surface area (Å²) in [5.41, 5.74) is 2.05. The van der Waals surface area contributed by atoms with E-state index < -0.39 is 12.2 Å². The standard InChI is InChI=1S/C17H27NO4/c1-11(2)18-9-12(19)10-22-16-6-4-5-14-13(16)7-8-15(20)17(14)21-3/h4-6,11-12,15,17-20H,7-10H2,1-3H3/t12?,15-,17-/m1/s1. The van der Waals surface area contributed by atoms with E-state index in [1.54, 1.807) is 7.11 Å². The van der Waals surface area contributed by atoms with E-state index in [-0.39, 0.29) is 12.7 Å². The third-order valence-electron chi connectivity index (χ3n) is 3.96. The van der Waals surface area contributed by atoms with Crippen molar-refractivity contribution < 1.29 is 19.7 Å². The first-order valence-corrected chi connectivity index (χ1v) is 7.89. The van der Waals surface area contributed by atoms with Gasteiger partial charge in [-0.25, -0.2) is 0 Å². The molecule has 1 aromatic carbocycles. The first kappa shape index (κ1) is 17.2. The van der Waals surface area contributed by atoms with Gasteiger partial charge in [-0.15, -0.1) is 0 Å². The third-order valence-corrected chi connectivity index (χ3v) is 3.96. The zero-order chi connectivity index (χ0) is 16.1. The monoisotopic (exact) mass is 309 g/mol. The fourth-order valence-electron chi connectivity index (χ4n) is 2.80. The minimum absolute atomic E-state index is 0.246. The van der Waals surface area contributed by atoms with E-state index in [1.165, 1.54) is 0 Å². The van der Waals surface area contributed by atoms with Gasteiger partial charge in [0, 0.05) is 25.3 Å². The highest BCUT2D eigenvalue weighted by Gasteiger charge is 2.29.